The molecule has 1 fully saturated rings. The van der Waals surface area contributed by atoms with Crippen LogP contribution in [-0.2, 0) is 0 Å². The van der Waals surface area contributed by atoms with Gasteiger partial charge in [0.2, 0.25) is 0 Å². The molecule has 7 heteroatoms. The number of aromatic nitrogens is 2. The lowest BCUT2D eigenvalue weighted by atomic mass is 9.97. The van der Waals surface area contributed by atoms with Crippen molar-refractivity contribution in [1.29, 1.82) is 5.26 Å². The van der Waals surface area contributed by atoms with Gasteiger partial charge in [0, 0.05) is 18.3 Å². The highest BCUT2D eigenvalue weighted by molar-refractivity contribution is 5.89. The molecule has 1 saturated heterocycles. The molecule has 1 aliphatic rings. The van der Waals surface area contributed by atoms with E-state index in [1.165, 1.54) is 0 Å². The summed E-state index contributed by atoms with van der Waals surface area (Å²) in [7, 11) is 2.01. The minimum atomic E-state index is -0.617. The van der Waals surface area contributed by atoms with E-state index in [-0.39, 0.29) is 23.3 Å². The summed E-state index contributed by atoms with van der Waals surface area (Å²) in [4.78, 5) is 22.8. The minimum Gasteiger partial charge on any atom is -0.341 e. The molecule has 28 heavy (non-hydrogen) atoms. The van der Waals surface area contributed by atoms with Gasteiger partial charge in [0.05, 0.1) is 34.2 Å². The number of nitrogens with zero attached hydrogens (tertiary/aromatic N) is 3. The maximum Gasteiger partial charge on any atom is 0.319 e. The lowest BCUT2D eigenvalue weighted by Crippen LogP contribution is -2.46. The third-order valence-electron chi connectivity index (χ3n) is 4.90. The second-order valence-corrected chi connectivity index (χ2v) is 6.82. The second kappa shape index (κ2) is 7.71. The maximum absolute atomic E-state index is 12.6. The van der Waals surface area contributed by atoms with E-state index in [0.717, 1.165) is 23.4 Å². The molecule has 4 rings (SSSR count). The first kappa shape index (κ1) is 13.7. The van der Waals surface area contributed by atoms with Crippen LogP contribution in [0.4, 0.5) is 10.5 Å². The van der Waals surface area contributed by atoms with Gasteiger partial charge >= 0.3 is 6.03 Å². The summed E-state index contributed by atoms with van der Waals surface area (Å²) < 4.78 is 31.7. The van der Waals surface area contributed by atoms with E-state index in [9.17, 15) is 4.79 Å². The van der Waals surface area contributed by atoms with Gasteiger partial charge in [-0.3, -0.25) is 4.90 Å². The number of fused-ring (bicyclic) bond motifs is 1. The third kappa shape index (κ3) is 3.82. The number of piperidine rings is 1. The first-order valence-electron chi connectivity index (χ1n) is 11.0. The lowest BCUT2D eigenvalue weighted by molar-refractivity contribution is 0.153. The van der Waals surface area contributed by atoms with E-state index in [0.29, 0.717) is 12.8 Å². The number of imidazole rings is 1. The van der Waals surface area contributed by atoms with Crippen LogP contribution in [0.25, 0.3) is 11.0 Å². The molecule has 1 aliphatic heterocycles. The summed E-state index contributed by atoms with van der Waals surface area (Å²) in [6.07, 6.45) is 1.33. The van der Waals surface area contributed by atoms with Crippen molar-refractivity contribution in [3.63, 3.8) is 0 Å². The number of rotatable bonds is 3. The molecule has 142 valence electrons. The van der Waals surface area contributed by atoms with Gasteiger partial charge in [-0.05, 0) is 56.2 Å². The second-order valence-electron chi connectivity index (χ2n) is 6.82. The smallest absolute Gasteiger partial charge is 0.319 e. The fourth-order valence-corrected chi connectivity index (χ4v) is 3.43. The zero-order valence-corrected chi connectivity index (χ0v) is 15.3. The molecule has 7 nitrogen and oxygen atoms in total. The standard InChI is InChI=1S/C21H22N6O/c1-27-11-10-16(24-21(28)23-15-8-6-14(13-22)7-9-15)12-19(27)20-25-17-4-2-3-5-18(17)26-20/h2-9,16,19H,10-12H2,1H3,(H,25,26)(H2,23,24,28)/t16-,19-/m1/s1/i6D,7D,8D,9D. The zero-order valence-electron chi connectivity index (χ0n) is 19.3. The highest BCUT2D eigenvalue weighted by Gasteiger charge is 2.30. The predicted molar refractivity (Wildman–Crippen MR) is 108 cm³/mol. The number of hydrogen-bond donors (Lipinski definition) is 3. The number of nitriles is 1. The van der Waals surface area contributed by atoms with E-state index >= 15 is 0 Å². The van der Waals surface area contributed by atoms with Crippen molar-refractivity contribution in [3.05, 3.63) is 59.8 Å². The number of para-hydroxylation sites is 2. The van der Waals surface area contributed by atoms with Crippen LogP contribution >= 0.6 is 0 Å². The van der Waals surface area contributed by atoms with Gasteiger partial charge in [0.25, 0.3) is 0 Å². The molecule has 1 aromatic heterocycles. The van der Waals surface area contributed by atoms with Crippen molar-refractivity contribution in [1.82, 2.24) is 20.2 Å². The van der Waals surface area contributed by atoms with Crippen LogP contribution in [0.1, 0.15) is 35.8 Å². The Morgan fingerprint density at radius 2 is 2.14 bits per heavy atom. The molecule has 2 heterocycles. The molecule has 2 atom stereocenters. The van der Waals surface area contributed by atoms with E-state index < -0.39 is 30.2 Å². The summed E-state index contributed by atoms with van der Waals surface area (Å²) in [5.41, 5.74) is 1.23. The third-order valence-corrected chi connectivity index (χ3v) is 4.90. The molecule has 3 aromatic rings. The molecule has 2 amide bonds. The minimum absolute atomic E-state index is 0.0190. The Labute approximate surface area is 169 Å². The number of anilines is 1. The van der Waals surface area contributed by atoms with Gasteiger partial charge in [0.15, 0.2) is 0 Å². The number of amides is 2. The van der Waals surface area contributed by atoms with Crippen molar-refractivity contribution in [2.45, 2.75) is 24.9 Å². The number of nitrogens with one attached hydrogen (secondary N) is 3. The fourth-order valence-electron chi connectivity index (χ4n) is 3.43. The SMILES string of the molecule is [2H]c1c([2H])c(NC(=O)N[C@@H]2CCN(C)[C@@H](c3nc4ccccc4[nH]3)C2)c([2H])c([2H])c1C#N. The lowest BCUT2D eigenvalue weighted by Gasteiger charge is -2.36. The van der Waals surface area contributed by atoms with Gasteiger partial charge in [-0.2, -0.15) is 5.26 Å². The van der Waals surface area contributed by atoms with Crippen LogP contribution < -0.4 is 10.6 Å². The number of hydrogen-bond acceptors (Lipinski definition) is 4. The molecule has 0 unspecified atom stereocenters. The van der Waals surface area contributed by atoms with Crippen molar-refractivity contribution in [2.75, 3.05) is 18.9 Å². The van der Waals surface area contributed by atoms with Gasteiger partial charge < -0.3 is 15.6 Å². The van der Waals surface area contributed by atoms with Crippen LogP contribution in [0, 0.1) is 11.3 Å². The van der Waals surface area contributed by atoms with Crippen LogP contribution in [-0.4, -0.2) is 40.5 Å². The highest BCUT2D eigenvalue weighted by atomic mass is 16.2. The van der Waals surface area contributed by atoms with Crippen molar-refractivity contribution < 1.29 is 10.3 Å². The maximum atomic E-state index is 12.6. The zero-order chi connectivity index (χ0) is 23.0. The Kier molecular flexibility index (Phi) is 3.78. The topological polar surface area (TPSA) is 96.8 Å². The molecule has 0 bridgehead atoms. The van der Waals surface area contributed by atoms with Crippen molar-refractivity contribution in [3.8, 4) is 6.07 Å². The number of carbonyl (C=O) groups excluding carboxylic acids is 1. The average molecular weight is 378 g/mol. The Balaban J connectivity index is 1.49. The Bertz CT molecular complexity index is 1170. The molecule has 0 radical (unpaired) electrons. The largest absolute Gasteiger partial charge is 0.341 e. The predicted octanol–water partition coefficient (Wildman–Crippen LogP) is 3.39. The van der Waals surface area contributed by atoms with Crippen LogP contribution in [0.3, 0.4) is 0 Å². The van der Waals surface area contributed by atoms with Gasteiger partial charge in [-0.25, -0.2) is 9.78 Å². The number of benzene rings is 2. The summed E-state index contributed by atoms with van der Waals surface area (Å²) in [6.45, 7) is 0.741. The first-order chi connectivity index (χ1) is 15.3. The number of H-pyrrole nitrogens is 1. The van der Waals surface area contributed by atoms with Crippen LogP contribution in [0.2, 0.25) is 0 Å². The summed E-state index contributed by atoms with van der Waals surface area (Å²) in [5.74, 6) is 0.826. The molecule has 3 N–H and O–H groups in total. The highest BCUT2D eigenvalue weighted by Crippen LogP contribution is 2.29. The first-order valence-corrected chi connectivity index (χ1v) is 9.03. The van der Waals surface area contributed by atoms with Gasteiger partial charge in [-0.15, -0.1) is 0 Å². The van der Waals surface area contributed by atoms with E-state index in [1.807, 2.05) is 31.3 Å². The monoisotopic (exact) mass is 378 g/mol. The number of urea groups is 1. The fraction of sp³-hybridized carbons (Fsp3) is 0.286. The van der Waals surface area contributed by atoms with Gasteiger partial charge in [-0.1, -0.05) is 12.1 Å². The van der Waals surface area contributed by atoms with E-state index in [2.05, 4.69) is 25.5 Å². The summed E-state index contributed by atoms with van der Waals surface area (Å²) >= 11 is 0. The molecular formula is C21H22N6O. The molecule has 0 aliphatic carbocycles. The Hall–Kier alpha value is -3.37. The van der Waals surface area contributed by atoms with Crippen molar-refractivity contribution in [2.24, 2.45) is 0 Å². The molecular weight excluding hydrogens is 352 g/mol. The number of aromatic amines is 1. The van der Waals surface area contributed by atoms with E-state index in [4.69, 9.17) is 10.7 Å². The normalized spacial score (nSPS) is 21.9. The Morgan fingerprint density at radius 3 is 2.89 bits per heavy atom. The number of carbonyl (C=O) groups is 1. The van der Waals surface area contributed by atoms with Crippen LogP contribution in [0.15, 0.2) is 48.4 Å². The molecule has 2 aromatic carbocycles. The van der Waals surface area contributed by atoms with Crippen LogP contribution in [0.5, 0.6) is 0 Å². The summed E-state index contributed by atoms with van der Waals surface area (Å²) in [5, 5.41) is 14.4. The van der Waals surface area contributed by atoms with Gasteiger partial charge in [0.1, 0.15) is 5.82 Å². The Morgan fingerprint density at radius 1 is 1.36 bits per heavy atom. The summed E-state index contributed by atoms with van der Waals surface area (Å²) in [6, 6.07) is 6.77. The van der Waals surface area contributed by atoms with Crippen molar-refractivity contribution >= 4 is 22.8 Å². The average Bonchev–Trinajstić information content (AvgIpc) is 3.21. The molecule has 0 spiro atoms. The molecule has 0 saturated carbocycles. The number of likely N-dealkylation sites (tertiary alicyclic amines) is 1. The van der Waals surface area contributed by atoms with E-state index in [1.54, 1.807) is 6.07 Å². The quantitative estimate of drug-likeness (QED) is 0.651.